The lowest BCUT2D eigenvalue weighted by atomic mass is 10.0. The third-order valence-electron chi connectivity index (χ3n) is 10.5. The van der Waals surface area contributed by atoms with Gasteiger partial charge in [0.1, 0.15) is 30.0 Å². The van der Waals surface area contributed by atoms with E-state index in [1.165, 1.54) is 31.4 Å². The molecule has 1 atom stereocenters. The normalized spacial score (nSPS) is 12.5. The van der Waals surface area contributed by atoms with Crippen LogP contribution in [0, 0.1) is 23.3 Å². The van der Waals surface area contributed by atoms with Gasteiger partial charge in [0.25, 0.3) is 0 Å². The van der Waals surface area contributed by atoms with Crippen LogP contribution in [-0.2, 0) is 0 Å². The van der Waals surface area contributed by atoms with Crippen LogP contribution in [0.25, 0.3) is 90.9 Å². The van der Waals surface area contributed by atoms with Gasteiger partial charge in [-0.2, -0.15) is 8.78 Å². The van der Waals surface area contributed by atoms with E-state index in [1.54, 1.807) is 72.8 Å². The summed E-state index contributed by atoms with van der Waals surface area (Å²) in [6.45, 7) is -1.68. The molecule has 0 spiro atoms. The summed E-state index contributed by atoms with van der Waals surface area (Å²) in [6, 6.07) is 27.0. The molecule has 7 aromatic rings. The molecule has 14 heteroatoms. The number of H-pyrrole nitrogens is 2. The fraction of sp³-hybridized carbons (Fsp3) is 0.0833. The zero-order valence-corrected chi connectivity index (χ0v) is 32.6. The number of benzene rings is 4. The number of rotatable bonds is 9. The minimum atomic E-state index is -1.87. The second-order valence-corrected chi connectivity index (χ2v) is 14.4. The van der Waals surface area contributed by atoms with Crippen LogP contribution in [0.5, 0.6) is 23.0 Å². The summed E-state index contributed by atoms with van der Waals surface area (Å²) < 4.78 is 75.3. The number of phenols is 2. The summed E-state index contributed by atoms with van der Waals surface area (Å²) in [7, 11) is 1.52. The average Bonchev–Trinajstić information content (AvgIpc) is 4.12. The Balaban J connectivity index is 1.46. The fourth-order valence-corrected chi connectivity index (χ4v) is 7.67. The van der Waals surface area contributed by atoms with E-state index in [2.05, 4.69) is 9.97 Å². The van der Waals surface area contributed by atoms with Crippen LogP contribution in [-0.4, -0.2) is 66.8 Å². The Kier molecular flexibility index (Phi) is 10.3. The number of aromatic amines is 2. The van der Waals surface area contributed by atoms with Gasteiger partial charge in [0.05, 0.1) is 42.1 Å². The molecule has 1 unspecified atom stereocenters. The number of aliphatic hydroxyl groups excluding tert-OH is 2. The van der Waals surface area contributed by atoms with E-state index < -0.39 is 53.9 Å². The van der Waals surface area contributed by atoms with Crippen molar-refractivity contribution in [2.24, 2.45) is 0 Å². The molecule has 0 aliphatic carbocycles. The Labute approximate surface area is 350 Å². The molecule has 3 aromatic heterocycles. The summed E-state index contributed by atoms with van der Waals surface area (Å²) in [6.07, 6.45) is 5.06. The molecule has 310 valence electrons. The van der Waals surface area contributed by atoms with E-state index in [0.717, 1.165) is 0 Å². The van der Waals surface area contributed by atoms with Gasteiger partial charge < -0.3 is 39.9 Å². The van der Waals surface area contributed by atoms with Gasteiger partial charge in [-0.25, -0.2) is 18.7 Å². The van der Waals surface area contributed by atoms with Gasteiger partial charge >= 0.3 is 0 Å². The van der Waals surface area contributed by atoms with Crippen molar-refractivity contribution in [1.29, 1.82) is 0 Å². The number of aromatic hydroxyl groups is 2. The van der Waals surface area contributed by atoms with Crippen molar-refractivity contribution < 1.29 is 47.5 Å². The zero-order valence-electron chi connectivity index (χ0n) is 32.6. The Hall–Kier alpha value is -7.68. The minimum absolute atomic E-state index is 0.0120. The van der Waals surface area contributed by atoms with Gasteiger partial charge in [0.15, 0.2) is 17.4 Å². The van der Waals surface area contributed by atoms with Crippen molar-refractivity contribution in [1.82, 2.24) is 19.9 Å². The van der Waals surface area contributed by atoms with Gasteiger partial charge in [-0.1, -0.05) is 36.4 Å². The molecule has 5 heterocycles. The van der Waals surface area contributed by atoms with Gasteiger partial charge in [0.2, 0.25) is 11.6 Å². The monoisotopic (exact) mass is 838 g/mol. The molecule has 10 nitrogen and oxygen atoms in total. The lowest BCUT2D eigenvalue weighted by Crippen LogP contribution is -2.22. The van der Waals surface area contributed by atoms with Crippen molar-refractivity contribution in [2.75, 3.05) is 20.3 Å². The summed E-state index contributed by atoms with van der Waals surface area (Å²) in [4.78, 5) is 16.7. The van der Waals surface area contributed by atoms with Gasteiger partial charge in [-0.05, 0) is 102 Å². The molecular formula is C48H34F4N4O6. The number of fused-ring (bicyclic) bond motifs is 8. The Morgan fingerprint density at radius 2 is 0.968 bits per heavy atom. The van der Waals surface area contributed by atoms with Gasteiger partial charge in [-0.15, -0.1) is 0 Å². The maximum atomic E-state index is 16.5. The number of phenolic OH excluding ortho intramolecular Hbond substituents is 2. The van der Waals surface area contributed by atoms with Crippen molar-refractivity contribution in [3.05, 3.63) is 143 Å². The maximum absolute atomic E-state index is 16.5. The topological polar surface area (TPSA) is 157 Å². The summed E-state index contributed by atoms with van der Waals surface area (Å²) in [5, 5.41) is 40.2. The SMILES string of the molecule is COc1cccc(-c2c3nc(c(-c4cccc(O)c4)c4ccc([nH]4)c(-c4cccc(O)c4)c4nc(c(-c5c(F)c(F)c(OCC(O)CO)c(F)c5F)c5ccc2[nH]5)C=C4)C=C3)c1. The standard InChI is InChI=1S/C48H34F4N4O6/c1-61-30-10-4-7-26(21-30)41-35-14-13-32(54-35)39(24-5-2-8-27(58)19-24)31-11-12-33(53-31)40(25-6-3-9-28(59)20-25)34-15-17-37(55-34)42(38-18-16-36(41)56-38)43-44(49)46(51)48(47(52)45(43)50)62-23-29(60)22-57/h2-21,29,53,56-60H,22-23H2,1H3. The van der Waals surface area contributed by atoms with Crippen LogP contribution >= 0.6 is 0 Å². The van der Waals surface area contributed by atoms with Crippen molar-refractivity contribution in [3.8, 4) is 67.5 Å². The molecule has 9 rings (SSSR count). The van der Waals surface area contributed by atoms with Crippen molar-refractivity contribution in [2.45, 2.75) is 6.10 Å². The quantitative estimate of drug-likeness (QED) is 0.0620. The first-order valence-electron chi connectivity index (χ1n) is 19.2. The maximum Gasteiger partial charge on any atom is 0.204 e. The smallest absolute Gasteiger partial charge is 0.204 e. The zero-order chi connectivity index (χ0) is 43.2. The van der Waals surface area contributed by atoms with E-state index in [4.69, 9.17) is 19.4 Å². The third kappa shape index (κ3) is 7.10. The van der Waals surface area contributed by atoms with E-state index in [1.807, 2.05) is 24.3 Å². The lowest BCUT2D eigenvalue weighted by molar-refractivity contribution is 0.0504. The number of methoxy groups -OCH3 is 1. The van der Waals surface area contributed by atoms with Crippen molar-refractivity contribution >= 4 is 46.4 Å². The number of aliphatic hydroxyl groups is 2. The highest BCUT2D eigenvalue weighted by Gasteiger charge is 2.31. The number of hydrogen-bond donors (Lipinski definition) is 6. The first kappa shape index (κ1) is 39.8. The van der Waals surface area contributed by atoms with E-state index in [0.29, 0.717) is 67.1 Å². The van der Waals surface area contributed by atoms with E-state index >= 15 is 17.6 Å². The van der Waals surface area contributed by atoms with Crippen LogP contribution in [0.15, 0.2) is 97.1 Å². The Morgan fingerprint density at radius 3 is 1.40 bits per heavy atom. The van der Waals surface area contributed by atoms with Gasteiger partial charge in [-0.3, -0.25) is 0 Å². The number of nitrogens with zero attached hydrogens (tertiary/aromatic N) is 2. The molecule has 0 amide bonds. The molecule has 4 aromatic carbocycles. The Bertz CT molecular complexity index is 3150. The molecule has 2 aliphatic heterocycles. The number of aromatic nitrogens is 4. The van der Waals surface area contributed by atoms with Crippen LogP contribution in [0.3, 0.4) is 0 Å². The minimum Gasteiger partial charge on any atom is -0.508 e. The van der Waals surface area contributed by atoms with Gasteiger partial charge in [0, 0.05) is 44.3 Å². The predicted molar refractivity (Wildman–Crippen MR) is 229 cm³/mol. The number of halogens is 4. The second kappa shape index (κ2) is 16.1. The molecule has 0 saturated carbocycles. The van der Waals surface area contributed by atoms with Crippen LogP contribution in [0.4, 0.5) is 17.6 Å². The highest BCUT2D eigenvalue weighted by atomic mass is 19.2. The number of hydrogen-bond acceptors (Lipinski definition) is 8. The second-order valence-electron chi connectivity index (χ2n) is 14.4. The largest absolute Gasteiger partial charge is 0.508 e. The fourth-order valence-electron chi connectivity index (χ4n) is 7.67. The van der Waals surface area contributed by atoms with E-state index in [-0.39, 0.29) is 34.0 Å². The highest BCUT2D eigenvalue weighted by Crippen LogP contribution is 2.42. The predicted octanol–water partition coefficient (Wildman–Crippen LogP) is 10.0. The summed E-state index contributed by atoms with van der Waals surface area (Å²) in [5.41, 5.74) is 4.56. The van der Waals surface area contributed by atoms with E-state index in [9.17, 15) is 20.4 Å². The average molecular weight is 839 g/mol. The van der Waals surface area contributed by atoms with Crippen LogP contribution in [0.1, 0.15) is 22.8 Å². The molecule has 0 radical (unpaired) electrons. The molecule has 0 fully saturated rings. The molecule has 6 N–H and O–H groups in total. The molecular weight excluding hydrogens is 805 g/mol. The third-order valence-corrected chi connectivity index (χ3v) is 10.5. The van der Waals surface area contributed by atoms with Crippen LogP contribution in [0.2, 0.25) is 0 Å². The molecule has 62 heavy (non-hydrogen) atoms. The number of nitrogens with one attached hydrogen (secondary N) is 2. The summed E-state index contributed by atoms with van der Waals surface area (Å²) >= 11 is 0. The molecule has 8 bridgehead atoms. The first-order valence-corrected chi connectivity index (χ1v) is 19.2. The highest BCUT2D eigenvalue weighted by molar-refractivity contribution is 6.00. The molecule has 0 saturated heterocycles. The number of ether oxygens (including phenoxy) is 2. The van der Waals surface area contributed by atoms with Crippen molar-refractivity contribution in [3.63, 3.8) is 0 Å². The van der Waals surface area contributed by atoms with Crippen LogP contribution < -0.4 is 9.47 Å². The Morgan fingerprint density at radius 1 is 0.548 bits per heavy atom. The first-order chi connectivity index (χ1) is 30.0. The summed E-state index contributed by atoms with van der Waals surface area (Å²) in [5.74, 6) is -8.26. The molecule has 2 aliphatic rings. The lowest BCUT2D eigenvalue weighted by Gasteiger charge is -2.15.